The number of rotatable bonds is 4. The Hall–Kier alpha value is -1.13. The Labute approximate surface area is 104 Å². The van der Waals surface area contributed by atoms with Crippen molar-refractivity contribution >= 4 is 15.9 Å². The number of hydrogen-bond acceptors (Lipinski definition) is 2. The summed E-state index contributed by atoms with van der Waals surface area (Å²) in [6, 6.07) is 10.4. The molecule has 2 aromatic rings. The van der Waals surface area contributed by atoms with Crippen LogP contribution in [0.15, 0.2) is 41.0 Å². The highest BCUT2D eigenvalue weighted by molar-refractivity contribution is 9.10. The molecule has 1 N–H and O–H groups in total. The molecule has 0 aliphatic heterocycles. The van der Waals surface area contributed by atoms with Crippen molar-refractivity contribution in [2.75, 3.05) is 7.05 Å². The summed E-state index contributed by atoms with van der Waals surface area (Å²) in [5.41, 5.74) is 2.45. The lowest BCUT2D eigenvalue weighted by molar-refractivity contribution is 0.622. The van der Waals surface area contributed by atoms with E-state index in [0.29, 0.717) is 0 Å². The standard InChI is InChI=1S/C12H14BrN3/c1-14-8-12-6-7-15-16(12)9-10-2-4-11(13)5-3-10/h2-7,14H,8-9H2,1H3. The molecular weight excluding hydrogens is 266 g/mol. The maximum atomic E-state index is 4.32. The quantitative estimate of drug-likeness (QED) is 0.932. The molecule has 0 bridgehead atoms. The van der Waals surface area contributed by atoms with Crippen molar-refractivity contribution < 1.29 is 0 Å². The first-order chi connectivity index (χ1) is 7.79. The number of aromatic nitrogens is 2. The minimum absolute atomic E-state index is 0.817. The van der Waals surface area contributed by atoms with Gasteiger partial charge in [-0.2, -0.15) is 5.10 Å². The van der Waals surface area contributed by atoms with Gasteiger partial charge in [-0.15, -0.1) is 0 Å². The van der Waals surface area contributed by atoms with Gasteiger partial charge in [-0.25, -0.2) is 0 Å². The molecule has 3 nitrogen and oxygen atoms in total. The van der Waals surface area contributed by atoms with E-state index in [1.807, 2.05) is 24.0 Å². The van der Waals surface area contributed by atoms with Crippen LogP contribution < -0.4 is 5.32 Å². The zero-order valence-corrected chi connectivity index (χ0v) is 10.7. The molecule has 4 heteroatoms. The van der Waals surface area contributed by atoms with E-state index in [2.05, 4.69) is 50.6 Å². The van der Waals surface area contributed by atoms with Gasteiger partial charge in [0, 0.05) is 17.2 Å². The Morgan fingerprint density at radius 1 is 1.25 bits per heavy atom. The van der Waals surface area contributed by atoms with Crippen LogP contribution in [-0.2, 0) is 13.1 Å². The zero-order valence-electron chi connectivity index (χ0n) is 9.15. The van der Waals surface area contributed by atoms with E-state index in [1.165, 1.54) is 11.3 Å². The van der Waals surface area contributed by atoms with Crippen molar-refractivity contribution in [1.29, 1.82) is 0 Å². The Morgan fingerprint density at radius 3 is 2.69 bits per heavy atom. The van der Waals surface area contributed by atoms with Gasteiger partial charge in [0.05, 0.1) is 12.2 Å². The molecule has 0 atom stereocenters. The lowest BCUT2D eigenvalue weighted by atomic mass is 10.2. The molecule has 84 valence electrons. The van der Waals surface area contributed by atoms with Gasteiger partial charge in [-0.3, -0.25) is 4.68 Å². The van der Waals surface area contributed by atoms with Crippen LogP contribution in [0.25, 0.3) is 0 Å². The minimum Gasteiger partial charge on any atom is -0.314 e. The monoisotopic (exact) mass is 279 g/mol. The summed E-state index contributed by atoms with van der Waals surface area (Å²) < 4.78 is 3.12. The molecule has 0 aliphatic rings. The zero-order chi connectivity index (χ0) is 11.4. The van der Waals surface area contributed by atoms with Crippen LogP contribution in [0, 0.1) is 0 Å². The molecule has 0 spiro atoms. The third-order valence-electron chi connectivity index (χ3n) is 2.41. The van der Waals surface area contributed by atoms with Crippen LogP contribution in [0.3, 0.4) is 0 Å². The molecule has 16 heavy (non-hydrogen) atoms. The van der Waals surface area contributed by atoms with Crippen LogP contribution in [0.5, 0.6) is 0 Å². The highest BCUT2D eigenvalue weighted by Gasteiger charge is 2.02. The van der Waals surface area contributed by atoms with Gasteiger partial charge in [-0.1, -0.05) is 28.1 Å². The first-order valence-electron chi connectivity index (χ1n) is 5.19. The van der Waals surface area contributed by atoms with Crippen LogP contribution >= 0.6 is 15.9 Å². The van der Waals surface area contributed by atoms with Crippen molar-refractivity contribution in [3.05, 3.63) is 52.3 Å². The second-order valence-electron chi connectivity index (χ2n) is 3.64. The van der Waals surface area contributed by atoms with Crippen LogP contribution in [0.4, 0.5) is 0 Å². The number of hydrogen-bond donors (Lipinski definition) is 1. The second-order valence-corrected chi connectivity index (χ2v) is 4.55. The molecule has 1 aromatic heterocycles. The number of halogens is 1. The van der Waals surface area contributed by atoms with Gasteiger partial charge >= 0.3 is 0 Å². The van der Waals surface area contributed by atoms with E-state index in [9.17, 15) is 0 Å². The molecule has 0 fully saturated rings. The van der Waals surface area contributed by atoms with E-state index < -0.39 is 0 Å². The number of benzene rings is 1. The molecule has 1 heterocycles. The highest BCUT2D eigenvalue weighted by atomic mass is 79.9. The predicted octanol–water partition coefficient (Wildman–Crippen LogP) is 2.41. The topological polar surface area (TPSA) is 29.9 Å². The summed E-state index contributed by atoms with van der Waals surface area (Å²) in [5, 5.41) is 7.45. The van der Waals surface area contributed by atoms with Gasteiger partial charge in [0.15, 0.2) is 0 Å². The van der Waals surface area contributed by atoms with E-state index in [0.717, 1.165) is 17.6 Å². The van der Waals surface area contributed by atoms with Crippen LogP contribution in [0.2, 0.25) is 0 Å². The van der Waals surface area contributed by atoms with Crippen LogP contribution in [-0.4, -0.2) is 16.8 Å². The smallest absolute Gasteiger partial charge is 0.0663 e. The van der Waals surface area contributed by atoms with Crippen molar-refractivity contribution in [2.45, 2.75) is 13.1 Å². The predicted molar refractivity (Wildman–Crippen MR) is 68.2 cm³/mol. The average Bonchev–Trinajstić information content (AvgIpc) is 2.70. The lowest BCUT2D eigenvalue weighted by Gasteiger charge is -2.07. The van der Waals surface area contributed by atoms with E-state index in [-0.39, 0.29) is 0 Å². The Bertz CT molecular complexity index is 448. The molecule has 0 aliphatic carbocycles. The molecule has 0 saturated carbocycles. The maximum Gasteiger partial charge on any atom is 0.0663 e. The SMILES string of the molecule is CNCc1ccnn1Cc1ccc(Br)cc1. The van der Waals surface area contributed by atoms with Gasteiger partial charge in [0.25, 0.3) is 0 Å². The molecule has 0 radical (unpaired) electrons. The fraction of sp³-hybridized carbons (Fsp3) is 0.250. The summed E-state index contributed by atoms with van der Waals surface area (Å²) in [6.45, 7) is 1.66. The van der Waals surface area contributed by atoms with E-state index >= 15 is 0 Å². The van der Waals surface area contributed by atoms with Crippen molar-refractivity contribution in [3.8, 4) is 0 Å². The Kier molecular flexibility index (Phi) is 3.74. The Balaban J connectivity index is 2.13. The van der Waals surface area contributed by atoms with Gasteiger partial charge in [0.2, 0.25) is 0 Å². The van der Waals surface area contributed by atoms with E-state index in [1.54, 1.807) is 0 Å². The highest BCUT2D eigenvalue weighted by Crippen LogP contribution is 2.12. The lowest BCUT2D eigenvalue weighted by Crippen LogP contribution is -2.12. The van der Waals surface area contributed by atoms with Crippen molar-refractivity contribution in [3.63, 3.8) is 0 Å². The summed E-state index contributed by atoms with van der Waals surface area (Å²) >= 11 is 3.43. The molecular formula is C12H14BrN3. The third kappa shape index (κ3) is 2.71. The third-order valence-corrected chi connectivity index (χ3v) is 2.94. The van der Waals surface area contributed by atoms with Gasteiger partial charge in [0.1, 0.15) is 0 Å². The molecule has 0 saturated heterocycles. The molecule has 0 amide bonds. The molecule has 0 unspecified atom stereocenters. The fourth-order valence-electron chi connectivity index (χ4n) is 1.60. The van der Waals surface area contributed by atoms with Crippen LogP contribution in [0.1, 0.15) is 11.3 Å². The van der Waals surface area contributed by atoms with Gasteiger partial charge in [-0.05, 0) is 30.8 Å². The van der Waals surface area contributed by atoms with Crippen molar-refractivity contribution in [1.82, 2.24) is 15.1 Å². The first-order valence-corrected chi connectivity index (χ1v) is 5.98. The second kappa shape index (κ2) is 5.27. The average molecular weight is 280 g/mol. The molecule has 1 aromatic carbocycles. The minimum atomic E-state index is 0.817. The number of nitrogens with one attached hydrogen (secondary N) is 1. The summed E-state index contributed by atoms with van der Waals surface area (Å²) in [5.74, 6) is 0. The summed E-state index contributed by atoms with van der Waals surface area (Å²) in [7, 11) is 1.94. The normalized spacial score (nSPS) is 10.6. The molecule has 2 rings (SSSR count). The fourth-order valence-corrected chi connectivity index (χ4v) is 1.86. The first kappa shape index (κ1) is 11.4. The maximum absolute atomic E-state index is 4.32. The summed E-state index contributed by atoms with van der Waals surface area (Å²) in [4.78, 5) is 0. The van der Waals surface area contributed by atoms with Crippen molar-refractivity contribution in [2.24, 2.45) is 0 Å². The number of nitrogens with zero attached hydrogens (tertiary/aromatic N) is 2. The Morgan fingerprint density at radius 2 is 2.00 bits per heavy atom. The summed E-state index contributed by atoms with van der Waals surface area (Å²) in [6.07, 6.45) is 1.84. The van der Waals surface area contributed by atoms with E-state index in [4.69, 9.17) is 0 Å². The van der Waals surface area contributed by atoms with Gasteiger partial charge < -0.3 is 5.32 Å². The largest absolute Gasteiger partial charge is 0.314 e.